The highest BCUT2D eigenvalue weighted by molar-refractivity contribution is 7.05. The highest BCUT2D eigenvalue weighted by Crippen LogP contribution is 2.26. The largest absolute Gasteiger partial charge is 0.323 e. The summed E-state index contributed by atoms with van der Waals surface area (Å²) >= 11 is 7.29. The lowest BCUT2D eigenvalue weighted by Crippen LogP contribution is -2.14. The van der Waals surface area contributed by atoms with Crippen LogP contribution in [0.15, 0.2) is 18.2 Å². The molecule has 18 heavy (non-hydrogen) atoms. The third-order valence-electron chi connectivity index (χ3n) is 2.71. The van der Waals surface area contributed by atoms with Crippen molar-refractivity contribution >= 4 is 23.1 Å². The van der Waals surface area contributed by atoms with E-state index in [1.807, 2.05) is 6.92 Å². The zero-order chi connectivity index (χ0) is 13.1. The van der Waals surface area contributed by atoms with E-state index in [9.17, 15) is 4.39 Å². The van der Waals surface area contributed by atoms with Crippen LogP contribution in [0.25, 0.3) is 0 Å². The Labute approximate surface area is 114 Å². The molecule has 2 rings (SSSR count). The Morgan fingerprint density at radius 3 is 2.94 bits per heavy atom. The molecule has 0 aliphatic heterocycles. The molecule has 2 N–H and O–H groups in total. The van der Waals surface area contributed by atoms with Crippen molar-refractivity contribution < 1.29 is 4.39 Å². The molecule has 0 aliphatic carbocycles. The Balaban J connectivity index is 2.18. The van der Waals surface area contributed by atoms with Crippen LogP contribution >= 0.6 is 23.1 Å². The number of hydrogen-bond acceptors (Lipinski definition) is 4. The lowest BCUT2D eigenvalue weighted by Gasteiger charge is -2.11. The van der Waals surface area contributed by atoms with Crippen LogP contribution in [0.1, 0.15) is 29.1 Å². The van der Waals surface area contributed by atoms with Gasteiger partial charge in [-0.05, 0) is 42.1 Å². The van der Waals surface area contributed by atoms with Crippen LogP contribution in [-0.2, 0) is 12.8 Å². The zero-order valence-electron chi connectivity index (χ0n) is 9.86. The van der Waals surface area contributed by atoms with Crippen LogP contribution in [0.4, 0.5) is 4.39 Å². The molecule has 0 radical (unpaired) electrons. The van der Waals surface area contributed by atoms with Crippen molar-refractivity contribution in [2.75, 3.05) is 0 Å². The van der Waals surface area contributed by atoms with E-state index >= 15 is 0 Å². The van der Waals surface area contributed by atoms with E-state index in [0.717, 1.165) is 22.6 Å². The number of nitrogens with zero attached hydrogens (tertiary/aromatic N) is 2. The Hall–Kier alpha value is -1.04. The molecule has 2 aromatic rings. The molecule has 1 aromatic carbocycles. The topological polar surface area (TPSA) is 51.8 Å². The predicted octanol–water partition coefficient (Wildman–Crippen LogP) is 3.14. The van der Waals surface area contributed by atoms with Gasteiger partial charge in [-0.25, -0.2) is 4.39 Å². The van der Waals surface area contributed by atoms with Crippen LogP contribution in [0, 0.1) is 5.82 Å². The van der Waals surface area contributed by atoms with Gasteiger partial charge in [0.1, 0.15) is 5.82 Å². The Morgan fingerprint density at radius 1 is 1.50 bits per heavy atom. The molecule has 0 saturated heterocycles. The number of benzene rings is 1. The number of aromatic nitrogens is 2. The number of aryl methyl sites for hydroxylation is 1. The smallest absolute Gasteiger partial charge is 0.124 e. The lowest BCUT2D eigenvalue weighted by atomic mass is 10.0. The van der Waals surface area contributed by atoms with E-state index < -0.39 is 0 Å². The number of halogens is 2. The highest BCUT2D eigenvalue weighted by Gasteiger charge is 2.16. The molecule has 1 aromatic heterocycles. The summed E-state index contributed by atoms with van der Waals surface area (Å²) in [5.74, 6) is -0.342. The van der Waals surface area contributed by atoms with Gasteiger partial charge in [0.15, 0.2) is 0 Å². The Bertz CT molecular complexity index is 544. The number of rotatable bonds is 4. The van der Waals surface area contributed by atoms with Crippen molar-refractivity contribution in [1.82, 2.24) is 9.59 Å². The molecule has 1 atom stereocenters. The fraction of sp³-hybridized carbons (Fsp3) is 0.333. The maximum absolute atomic E-state index is 12.9. The first kappa shape index (κ1) is 13.4. The maximum atomic E-state index is 12.9. The Morgan fingerprint density at radius 2 is 2.28 bits per heavy atom. The summed E-state index contributed by atoms with van der Waals surface area (Å²) in [6.45, 7) is 2.01. The summed E-state index contributed by atoms with van der Waals surface area (Å²) in [5.41, 5.74) is 7.89. The van der Waals surface area contributed by atoms with Crippen molar-refractivity contribution in [3.8, 4) is 0 Å². The van der Waals surface area contributed by atoms with Crippen LogP contribution in [0.3, 0.4) is 0 Å². The van der Waals surface area contributed by atoms with Gasteiger partial charge in [-0.3, -0.25) is 0 Å². The van der Waals surface area contributed by atoms with E-state index in [1.165, 1.54) is 23.7 Å². The predicted molar refractivity (Wildman–Crippen MR) is 71.3 cm³/mol. The molecule has 3 nitrogen and oxygen atoms in total. The first-order chi connectivity index (χ1) is 8.61. The average molecular weight is 286 g/mol. The van der Waals surface area contributed by atoms with Gasteiger partial charge in [-0.1, -0.05) is 29.1 Å². The average Bonchev–Trinajstić information content (AvgIpc) is 2.81. The normalized spacial score (nSPS) is 12.7. The maximum Gasteiger partial charge on any atom is 0.124 e. The van der Waals surface area contributed by atoms with Gasteiger partial charge in [0.25, 0.3) is 0 Å². The van der Waals surface area contributed by atoms with E-state index in [2.05, 4.69) is 9.59 Å². The van der Waals surface area contributed by atoms with Crippen molar-refractivity contribution in [2.45, 2.75) is 25.8 Å². The van der Waals surface area contributed by atoms with Crippen LogP contribution in [0.2, 0.25) is 5.02 Å². The molecule has 0 aliphatic rings. The molecular weight excluding hydrogens is 273 g/mol. The van der Waals surface area contributed by atoms with Crippen molar-refractivity contribution in [3.63, 3.8) is 0 Å². The first-order valence-electron chi connectivity index (χ1n) is 5.62. The van der Waals surface area contributed by atoms with E-state index in [1.54, 1.807) is 6.07 Å². The van der Waals surface area contributed by atoms with E-state index in [-0.39, 0.29) is 11.9 Å². The Kier molecular flexibility index (Phi) is 4.27. The van der Waals surface area contributed by atoms with Crippen LogP contribution in [0.5, 0.6) is 0 Å². The van der Waals surface area contributed by atoms with Gasteiger partial charge < -0.3 is 5.73 Å². The summed E-state index contributed by atoms with van der Waals surface area (Å²) < 4.78 is 16.9. The van der Waals surface area contributed by atoms with Crippen molar-refractivity contribution in [2.24, 2.45) is 5.73 Å². The molecule has 0 fully saturated rings. The summed E-state index contributed by atoms with van der Waals surface area (Å²) in [5, 5.41) is 4.43. The quantitative estimate of drug-likeness (QED) is 0.939. The van der Waals surface area contributed by atoms with Crippen LogP contribution < -0.4 is 5.73 Å². The fourth-order valence-corrected chi connectivity index (χ4v) is 2.74. The second-order valence-electron chi connectivity index (χ2n) is 3.98. The third kappa shape index (κ3) is 2.85. The number of nitrogens with two attached hydrogens (primary N) is 1. The molecule has 96 valence electrons. The number of hydrogen-bond donors (Lipinski definition) is 1. The molecule has 1 heterocycles. The minimum Gasteiger partial charge on any atom is -0.323 e. The zero-order valence-corrected chi connectivity index (χ0v) is 11.4. The van der Waals surface area contributed by atoms with E-state index in [0.29, 0.717) is 11.4 Å². The molecule has 0 spiro atoms. The molecule has 0 bridgehead atoms. The van der Waals surface area contributed by atoms with Gasteiger partial charge in [0, 0.05) is 11.1 Å². The molecule has 0 amide bonds. The van der Waals surface area contributed by atoms with Gasteiger partial charge in [-0.2, -0.15) is 0 Å². The van der Waals surface area contributed by atoms with Crippen molar-refractivity contribution in [3.05, 3.63) is 45.2 Å². The third-order valence-corrected chi connectivity index (χ3v) is 3.96. The minimum atomic E-state index is -0.342. The van der Waals surface area contributed by atoms with E-state index in [4.69, 9.17) is 17.3 Å². The molecule has 0 saturated carbocycles. The summed E-state index contributed by atoms with van der Waals surface area (Å²) in [7, 11) is 0. The molecule has 6 heteroatoms. The first-order valence-corrected chi connectivity index (χ1v) is 6.77. The van der Waals surface area contributed by atoms with Gasteiger partial charge in [-0.15, -0.1) is 5.10 Å². The van der Waals surface area contributed by atoms with Gasteiger partial charge >= 0.3 is 0 Å². The standard InChI is InChI=1S/C12H13ClFN3S/c1-2-11-12(18-17-16-11)10(15)5-7-3-4-8(14)6-9(7)13/h3-4,6,10H,2,5,15H2,1H3. The van der Waals surface area contributed by atoms with Crippen molar-refractivity contribution in [1.29, 1.82) is 0 Å². The minimum absolute atomic E-state index is 0.206. The molecule has 1 unspecified atom stereocenters. The second-order valence-corrected chi connectivity index (χ2v) is 5.18. The SMILES string of the molecule is CCc1nnsc1C(N)Cc1ccc(F)cc1Cl. The lowest BCUT2D eigenvalue weighted by molar-refractivity contribution is 0.625. The summed E-state index contributed by atoms with van der Waals surface area (Å²) in [6, 6.07) is 4.15. The summed E-state index contributed by atoms with van der Waals surface area (Å²) in [6.07, 6.45) is 1.35. The van der Waals surface area contributed by atoms with Crippen LogP contribution in [-0.4, -0.2) is 9.59 Å². The van der Waals surface area contributed by atoms with Gasteiger partial charge in [0.2, 0.25) is 0 Å². The molecular formula is C12H13ClFN3S. The monoisotopic (exact) mass is 285 g/mol. The summed E-state index contributed by atoms with van der Waals surface area (Å²) in [4.78, 5) is 0.970. The van der Waals surface area contributed by atoms with Gasteiger partial charge in [0.05, 0.1) is 10.6 Å². The highest BCUT2D eigenvalue weighted by atomic mass is 35.5. The fourth-order valence-electron chi connectivity index (χ4n) is 1.76. The second kappa shape index (κ2) is 5.73.